The molecule has 0 aliphatic rings. The Labute approximate surface area is 168 Å². The van der Waals surface area contributed by atoms with E-state index in [1.165, 1.54) is 5.56 Å². The molecule has 3 rings (SSSR count). The maximum absolute atomic E-state index is 6.38. The van der Waals surface area contributed by atoms with Gasteiger partial charge in [-0.2, -0.15) is 0 Å². The number of ether oxygens (including phenoxy) is 1. The third kappa shape index (κ3) is 5.07. The molecule has 0 saturated heterocycles. The quantitative estimate of drug-likeness (QED) is 0.469. The predicted octanol–water partition coefficient (Wildman–Crippen LogP) is 7.15. The number of anilines is 1. The highest BCUT2D eigenvalue weighted by Gasteiger charge is 2.10. The van der Waals surface area contributed by atoms with Crippen molar-refractivity contribution in [3.8, 4) is 5.75 Å². The minimum atomic E-state index is 0.348. The van der Waals surface area contributed by atoms with Crippen molar-refractivity contribution in [2.24, 2.45) is 0 Å². The molecule has 3 aromatic rings. The van der Waals surface area contributed by atoms with Crippen molar-refractivity contribution in [2.75, 3.05) is 5.32 Å². The molecule has 5 heteroatoms. The van der Waals surface area contributed by atoms with Gasteiger partial charge in [-0.15, -0.1) is 0 Å². The monoisotopic (exact) mass is 405 g/mol. The van der Waals surface area contributed by atoms with Crippen LogP contribution in [0.2, 0.25) is 15.1 Å². The third-order valence-corrected chi connectivity index (χ3v) is 4.64. The average Bonchev–Trinajstić information content (AvgIpc) is 2.59. The van der Waals surface area contributed by atoms with Crippen LogP contribution in [0, 0.1) is 6.92 Å². The van der Waals surface area contributed by atoms with Gasteiger partial charge in [-0.05, 0) is 60.0 Å². The van der Waals surface area contributed by atoms with Crippen molar-refractivity contribution in [3.63, 3.8) is 0 Å². The van der Waals surface area contributed by atoms with Crippen LogP contribution in [0.3, 0.4) is 0 Å². The topological polar surface area (TPSA) is 21.3 Å². The summed E-state index contributed by atoms with van der Waals surface area (Å²) in [7, 11) is 0. The number of hydrogen-bond acceptors (Lipinski definition) is 2. The fourth-order valence-corrected chi connectivity index (χ4v) is 3.45. The highest BCUT2D eigenvalue weighted by molar-refractivity contribution is 6.37. The Hall–Kier alpha value is -1.87. The molecular formula is C21H18Cl3NO. The van der Waals surface area contributed by atoms with Crippen LogP contribution in [-0.4, -0.2) is 0 Å². The molecule has 134 valence electrons. The highest BCUT2D eigenvalue weighted by Crippen LogP contribution is 2.35. The van der Waals surface area contributed by atoms with Crippen molar-refractivity contribution in [1.29, 1.82) is 0 Å². The zero-order valence-corrected chi connectivity index (χ0v) is 16.5. The van der Waals surface area contributed by atoms with Crippen LogP contribution in [0.5, 0.6) is 5.75 Å². The third-order valence-electron chi connectivity index (χ3n) is 3.84. The molecular weight excluding hydrogens is 389 g/mol. The van der Waals surface area contributed by atoms with Gasteiger partial charge in [0.25, 0.3) is 0 Å². The van der Waals surface area contributed by atoms with Gasteiger partial charge in [0.2, 0.25) is 0 Å². The van der Waals surface area contributed by atoms with E-state index in [4.69, 9.17) is 39.5 Å². The van der Waals surface area contributed by atoms with E-state index >= 15 is 0 Å². The molecule has 1 N–H and O–H groups in total. The Morgan fingerprint density at radius 1 is 0.846 bits per heavy atom. The molecule has 0 bridgehead atoms. The summed E-state index contributed by atoms with van der Waals surface area (Å²) >= 11 is 18.7. The van der Waals surface area contributed by atoms with Gasteiger partial charge in [-0.25, -0.2) is 0 Å². The maximum atomic E-state index is 6.38. The molecule has 0 aliphatic carbocycles. The standard InChI is InChI=1S/C21H18Cl3NO/c1-14-4-2-7-18(8-14)25-12-16-10-19(23)21(20(24)11-16)26-13-15-5-3-6-17(22)9-15/h2-11,25H,12-13H2,1H3. The van der Waals surface area contributed by atoms with Crippen LogP contribution in [0.15, 0.2) is 60.7 Å². The number of benzene rings is 3. The maximum Gasteiger partial charge on any atom is 0.156 e. The lowest BCUT2D eigenvalue weighted by molar-refractivity contribution is 0.306. The molecule has 0 atom stereocenters. The minimum absolute atomic E-state index is 0.348. The normalized spacial score (nSPS) is 10.6. The summed E-state index contributed by atoms with van der Waals surface area (Å²) in [5.41, 5.74) is 4.20. The van der Waals surface area contributed by atoms with Crippen LogP contribution in [0.1, 0.15) is 16.7 Å². The van der Waals surface area contributed by atoms with Gasteiger partial charge in [-0.1, -0.05) is 59.1 Å². The Morgan fingerprint density at radius 2 is 1.58 bits per heavy atom. The van der Waals surface area contributed by atoms with Crippen LogP contribution in [-0.2, 0) is 13.2 Å². The van der Waals surface area contributed by atoms with E-state index in [0.29, 0.717) is 34.0 Å². The van der Waals surface area contributed by atoms with Gasteiger partial charge in [0.1, 0.15) is 6.61 Å². The summed E-state index contributed by atoms with van der Waals surface area (Å²) in [6, 6.07) is 19.4. The van der Waals surface area contributed by atoms with Crippen molar-refractivity contribution >= 4 is 40.5 Å². The van der Waals surface area contributed by atoms with Crippen LogP contribution in [0.25, 0.3) is 0 Å². The van der Waals surface area contributed by atoms with Crippen molar-refractivity contribution in [2.45, 2.75) is 20.1 Å². The summed E-state index contributed by atoms with van der Waals surface area (Å²) in [5.74, 6) is 0.479. The Bertz CT molecular complexity index is 888. The van der Waals surface area contributed by atoms with Crippen LogP contribution < -0.4 is 10.1 Å². The Balaban J connectivity index is 1.67. The number of aryl methyl sites for hydroxylation is 1. The molecule has 3 aromatic carbocycles. The lowest BCUT2D eigenvalue weighted by Crippen LogP contribution is -2.01. The van der Waals surface area contributed by atoms with Gasteiger partial charge < -0.3 is 10.1 Å². The molecule has 0 radical (unpaired) electrons. The largest absolute Gasteiger partial charge is 0.486 e. The van der Waals surface area contributed by atoms with E-state index in [-0.39, 0.29) is 0 Å². The second-order valence-corrected chi connectivity index (χ2v) is 7.28. The first-order valence-electron chi connectivity index (χ1n) is 8.17. The molecule has 2 nitrogen and oxygen atoms in total. The molecule has 0 amide bonds. The molecule has 0 aromatic heterocycles. The summed E-state index contributed by atoms with van der Waals surface area (Å²) in [5, 5.41) is 5.01. The Morgan fingerprint density at radius 3 is 2.27 bits per heavy atom. The lowest BCUT2D eigenvalue weighted by atomic mass is 10.2. The molecule has 0 saturated carbocycles. The summed E-state index contributed by atoms with van der Waals surface area (Å²) < 4.78 is 5.80. The zero-order valence-electron chi connectivity index (χ0n) is 14.2. The first-order chi connectivity index (χ1) is 12.5. The van der Waals surface area contributed by atoms with E-state index in [2.05, 4.69) is 24.4 Å². The minimum Gasteiger partial charge on any atom is -0.486 e. The van der Waals surface area contributed by atoms with E-state index in [1.807, 2.05) is 48.5 Å². The zero-order chi connectivity index (χ0) is 18.5. The number of nitrogens with one attached hydrogen (secondary N) is 1. The van der Waals surface area contributed by atoms with Crippen molar-refractivity contribution < 1.29 is 4.74 Å². The second kappa shape index (κ2) is 8.68. The predicted molar refractivity (Wildman–Crippen MR) is 111 cm³/mol. The number of rotatable bonds is 6. The van der Waals surface area contributed by atoms with Gasteiger partial charge in [0, 0.05) is 17.3 Å². The summed E-state index contributed by atoms with van der Waals surface area (Å²) in [6.45, 7) is 3.03. The first kappa shape index (κ1) is 18.9. The number of hydrogen-bond donors (Lipinski definition) is 1. The average molecular weight is 407 g/mol. The Kier molecular flexibility index (Phi) is 6.31. The van der Waals surface area contributed by atoms with Crippen molar-refractivity contribution in [3.05, 3.63) is 92.4 Å². The number of halogens is 3. The van der Waals surface area contributed by atoms with Gasteiger partial charge in [-0.3, -0.25) is 0 Å². The fourth-order valence-electron chi connectivity index (χ4n) is 2.59. The summed E-state index contributed by atoms with van der Waals surface area (Å²) in [4.78, 5) is 0. The molecule has 0 unspecified atom stereocenters. The molecule has 26 heavy (non-hydrogen) atoms. The fraction of sp³-hybridized carbons (Fsp3) is 0.143. The highest BCUT2D eigenvalue weighted by atomic mass is 35.5. The van der Waals surface area contributed by atoms with Crippen LogP contribution >= 0.6 is 34.8 Å². The van der Waals surface area contributed by atoms with Gasteiger partial charge in [0.05, 0.1) is 10.0 Å². The smallest absolute Gasteiger partial charge is 0.156 e. The van der Waals surface area contributed by atoms with Gasteiger partial charge in [0.15, 0.2) is 5.75 Å². The first-order valence-corrected chi connectivity index (χ1v) is 9.30. The van der Waals surface area contributed by atoms with Gasteiger partial charge >= 0.3 is 0 Å². The molecule has 0 aliphatic heterocycles. The van der Waals surface area contributed by atoms with E-state index in [0.717, 1.165) is 16.8 Å². The van der Waals surface area contributed by atoms with E-state index in [9.17, 15) is 0 Å². The van der Waals surface area contributed by atoms with E-state index < -0.39 is 0 Å². The molecule has 0 spiro atoms. The van der Waals surface area contributed by atoms with Crippen LogP contribution in [0.4, 0.5) is 5.69 Å². The SMILES string of the molecule is Cc1cccc(NCc2cc(Cl)c(OCc3cccc(Cl)c3)c(Cl)c2)c1. The van der Waals surface area contributed by atoms with E-state index in [1.54, 1.807) is 0 Å². The summed E-state index contributed by atoms with van der Waals surface area (Å²) in [6.07, 6.45) is 0. The second-order valence-electron chi connectivity index (χ2n) is 6.03. The lowest BCUT2D eigenvalue weighted by Gasteiger charge is -2.13. The molecule has 0 fully saturated rings. The van der Waals surface area contributed by atoms with Crippen molar-refractivity contribution in [1.82, 2.24) is 0 Å². The molecule has 0 heterocycles.